The Bertz CT molecular complexity index is 294. The highest BCUT2D eigenvalue weighted by Gasteiger charge is 1.96. The second-order valence-corrected chi connectivity index (χ2v) is 3.33. The maximum absolute atomic E-state index is 5.40. The maximum Gasteiger partial charge on any atom is 0.160 e. The molecule has 4 N–H and O–H groups in total. The van der Waals surface area contributed by atoms with Gasteiger partial charge in [0.15, 0.2) is 5.82 Å². The standard InChI is InChI=1S/C10H19N5O/c1-2-3-5-16-6-4-13-9-7-12-8-10(14-9)15-11/h7-8H,2-6,11H2,1H3,(H2,13,14,15). The van der Waals surface area contributed by atoms with Gasteiger partial charge in [0.25, 0.3) is 0 Å². The molecule has 0 atom stereocenters. The third-order valence-corrected chi connectivity index (χ3v) is 1.98. The van der Waals surface area contributed by atoms with Crippen molar-refractivity contribution in [1.29, 1.82) is 0 Å². The highest BCUT2D eigenvalue weighted by atomic mass is 16.5. The second kappa shape index (κ2) is 7.84. The van der Waals surface area contributed by atoms with E-state index in [9.17, 15) is 0 Å². The lowest BCUT2D eigenvalue weighted by Gasteiger charge is -2.07. The normalized spacial score (nSPS) is 10.1. The molecule has 1 heterocycles. The van der Waals surface area contributed by atoms with Gasteiger partial charge in [-0.3, -0.25) is 4.98 Å². The van der Waals surface area contributed by atoms with Crippen molar-refractivity contribution in [3.05, 3.63) is 12.4 Å². The van der Waals surface area contributed by atoms with Crippen LogP contribution >= 0.6 is 0 Å². The van der Waals surface area contributed by atoms with Crippen LogP contribution in [0.25, 0.3) is 0 Å². The number of nitrogen functional groups attached to an aromatic ring is 1. The molecule has 0 bridgehead atoms. The minimum Gasteiger partial charge on any atom is -0.380 e. The van der Waals surface area contributed by atoms with Gasteiger partial charge in [0.05, 0.1) is 19.0 Å². The number of hydrogen-bond acceptors (Lipinski definition) is 6. The number of nitrogens with zero attached hydrogens (tertiary/aromatic N) is 2. The van der Waals surface area contributed by atoms with E-state index in [0.29, 0.717) is 24.8 Å². The zero-order valence-electron chi connectivity index (χ0n) is 9.57. The molecule has 1 aromatic heterocycles. The molecule has 0 saturated carbocycles. The molecule has 0 aliphatic carbocycles. The summed E-state index contributed by atoms with van der Waals surface area (Å²) in [5, 5.41) is 3.10. The van der Waals surface area contributed by atoms with Gasteiger partial charge in [0.1, 0.15) is 5.82 Å². The van der Waals surface area contributed by atoms with E-state index in [4.69, 9.17) is 10.6 Å². The van der Waals surface area contributed by atoms with Gasteiger partial charge in [-0.2, -0.15) is 0 Å². The van der Waals surface area contributed by atoms with Gasteiger partial charge < -0.3 is 15.5 Å². The van der Waals surface area contributed by atoms with Crippen molar-refractivity contribution in [2.24, 2.45) is 5.84 Å². The summed E-state index contributed by atoms with van der Waals surface area (Å²) >= 11 is 0. The molecule has 0 aliphatic heterocycles. The molecule has 6 heteroatoms. The quantitative estimate of drug-likeness (QED) is 0.347. The molecule has 0 aromatic carbocycles. The van der Waals surface area contributed by atoms with Crippen LogP contribution in [0.5, 0.6) is 0 Å². The molecule has 0 unspecified atom stereocenters. The Morgan fingerprint density at radius 2 is 2.12 bits per heavy atom. The predicted octanol–water partition coefficient (Wildman–Crippen LogP) is 0.991. The largest absolute Gasteiger partial charge is 0.380 e. The Labute approximate surface area is 95.6 Å². The fourth-order valence-corrected chi connectivity index (χ4v) is 1.12. The molecule has 16 heavy (non-hydrogen) atoms. The lowest BCUT2D eigenvalue weighted by atomic mass is 10.4. The van der Waals surface area contributed by atoms with Gasteiger partial charge >= 0.3 is 0 Å². The molecule has 0 aliphatic rings. The molecule has 6 nitrogen and oxygen atoms in total. The summed E-state index contributed by atoms with van der Waals surface area (Å²) in [5.74, 6) is 6.45. The summed E-state index contributed by atoms with van der Waals surface area (Å²) < 4.78 is 5.40. The molecule has 1 aromatic rings. The highest BCUT2D eigenvalue weighted by molar-refractivity contribution is 5.40. The third kappa shape index (κ3) is 4.90. The van der Waals surface area contributed by atoms with Crippen molar-refractivity contribution in [2.45, 2.75) is 19.8 Å². The van der Waals surface area contributed by atoms with E-state index in [2.05, 4.69) is 27.6 Å². The first-order valence-corrected chi connectivity index (χ1v) is 5.47. The summed E-state index contributed by atoms with van der Waals surface area (Å²) in [6.45, 7) is 4.34. The van der Waals surface area contributed by atoms with Crippen LogP contribution < -0.4 is 16.6 Å². The first-order chi connectivity index (χ1) is 7.86. The van der Waals surface area contributed by atoms with E-state index in [1.165, 1.54) is 0 Å². The lowest BCUT2D eigenvalue weighted by Crippen LogP contribution is -2.13. The average molecular weight is 225 g/mol. The van der Waals surface area contributed by atoms with E-state index in [1.54, 1.807) is 12.4 Å². The predicted molar refractivity (Wildman–Crippen MR) is 64.1 cm³/mol. The number of nitrogens with one attached hydrogen (secondary N) is 2. The Kier molecular flexibility index (Phi) is 6.20. The van der Waals surface area contributed by atoms with Crippen molar-refractivity contribution in [2.75, 3.05) is 30.5 Å². The Hall–Kier alpha value is -1.40. The molecular weight excluding hydrogens is 206 g/mol. The molecule has 1 rings (SSSR count). The number of unbranched alkanes of at least 4 members (excludes halogenated alkanes) is 1. The first-order valence-electron chi connectivity index (χ1n) is 5.47. The fourth-order valence-electron chi connectivity index (χ4n) is 1.12. The molecule has 0 spiro atoms. The minimum absolute atomic E-state index is 0.539. The summed E-state index contributed by atoms with van der Waals surface area (Å²) in [7, 11) is 0. The Morgan fingerprint density at radius 1 is 1.31 bits per heavy atom. The SMILES string of the molecule is CCCCOCCNc1cncc(NN)n1. The smallest absolute Gasteiger partial charge is 0.160 e. The molecule has 90 valence electrons. The number of hydrogen-bond donors (Lipinski definition) is 3. The van der Waals surface area contributed by atoms with Crippen molar-refractivity contribution >= 4 is 11.6 Å². The molecular formula is C10H19N5O. The minimum atomic E-state index is 0.539. The van der Waals surface area contributed by atoms with Crippen LogP contribution in [0.15, 0.2) is 12.4 Å². The molecule has 0 amide bonds. The van der Waals surface area contributed by atoms with Crippen LogP contribution in [-0.2, 0) is 4.74 Å². The average Bonchev–Trinajstić information content (AvgIpc) is 2.34. The monoisotopic (exact) mass is 225 g/mol. The number of nitrogens with two attached hydrogens (primary N) is 1. The second-order valence-electron chi connectivity index (χ2n) is 3.33. The van der Waals surface area contributed by atoms with Crippen LogP contribution in [0.1, 0.15) is 19.8 Å². The van der Waals surface area contributed by atoms with Crippen molar-refractivity contribution in [3.8, 4) is 0 Å². The van der Waals surface area contributed by atoms with Gasteiger partial charge in [-0.1, -0.05) is 13.3 Å². The number of ether oxygens (including phenoxy) is 1. The number of hydrazine groups is 1. The summed E-state index contributed by atoms with van der Waals surface area (Å²) in [4.78, 5) is 8.14. The number of anilines is 2. The van der Waals surface area contributed by atoms with Crippen molar-refractivity contribution in [1.82, 2.24) is 9.97 Å². The van der Waals surface area contributed by atoms with Gasteiger partial charge in [-0.05, 0) is 6.42 Å². The van der Waals surface area contributed by atoms with E-state index in [-0.39, 0.29) is 0 Å². The number of rotatable bonds is 8. The van der Waals surface area contributed by atoms with Crippen LogP contribution in [0, 0.1) is 0 Å². The highest BCUT2D eigenvalue weighted by Crippen LogP contribution is 2.04. The first kappa shape index (κ1) is 12.7. The van der Waals surface area contributed by atoms with E-state index in [0.717, 1.165) is 19.4 Å². The summed E-state index contributed by atoms with van der Waals surface area (Å²) in [5.41, 5.74) is 2.44. The topological polar surface area (TPSA) is 85.1 Å². The molecule has 0 fully saturated rings. The zero-order valence-corrected chi connectivity index (χ0v) is 9.57. The van der Waals surface area contributed by atoms with Gasteiger partial charge in [0.2, 0.25) is 0 Å². The van der Waals surface area contributed by atoms with Gasteiger partial charge in [-0.15, -0.1) is 0 Å². The van der Waals surface area contributed by atoms with E-state index < -0.39 is 0 Å². The maximum atomic E-state index is 5.40. The lowest BCUT2D eigenvalue weighted by molar-refractivity contribution is 0.141. The zero-order chi connectivity index (χ0) is 11.6. The van der Waals surface area contributed by atoms with Crippen LogP contribution in [0.4, 0.5) is 11.6 Å². The van der Waals surface area contributed by atoms with Gasteiger partial charge in [0, 0.05) is 13.2 Å². The van der Waals surface area contributed by atoms with Crippen LogP contribution in [0.2, 0.25) is 0 Å². The number of aromatic nitrogens is 2. The molecule has 0 saturated heterocycles. The Balaban J connectivity index is 2.16. The van der Waals surface area contributed by atoms with Crippen molar-refractivity contribution < 1.29 is 4.74 Å². The van der Waals surface area contributed by atoms with Crippen LogP contribution in [-0.4, -0.2) is 29.7 Å². The summed E-state index contributed by atoms with van der Waals surface area (Å²) in [6, 6.07) is 0. The third-order valence-electron chi connectivity index (χ3n) is 1.98. The fraction of sp³-hybridized carbons (Fsp3) is 0.600. The van der Waals surface area contributed by atoms with Gasteiger partial charge in [-0.25, -0.2) is 10.8 Å². The van der Waals surface area contributed by atoms with Crippen molar-refractivity contribution in [3.63, 3.8) is 0 Å². The summed E-state index contributed by atoms with van der Waals surface area (Å²) in [6.07, 6.45) is 5.46. The molecule has 0 radical (unpaired) electrons. The van der Waals surface area contributed by atoms with E-state index >= 15 is 0 Å². The Morgan fingerprint density at radius 3 is 2.88 bits per heavy atom. The van der Waals surface area contributed by atoms with Crippen LogP contribution in [0.3, 0.4) is 0 Å². The van der Waals surface area contributed by atoms with E-state index in [1.807, 2.05) is 0 Å².